The van der Waals surface area contributed by atoms with Gasteiger partial charge in [0, 0.05) is 12.6 Å². The predicted octanol–water partition coefficient (Wildman–Crippen LogP) is 4.24. The largest absolute Gasteiger partial charge is 0.497 e. The lowest BCUT2D eigenvalue weighted by atomic mass is 9.97. The summed E-state index contributed by atoms with van der Waals surface area (Å²) in [5.41, 5.74) is 2.45. The maximum Gasteiger partial charge on any atom is 0.127 e. The smallest absolute Gasteiger partial charge is 0.127 e. The molecular weight excluding hydrogens is 326 g/mol. The molecular formula is C22H27NO3. The Bertz CT molecular complexity index is 723. The molecule has 0 N–H and O–H groups in total. The first-order valence-electron chi connectivity index (χ1n) is 9.60. The summed E-state index contributed by atoms with van der Waals surface area (Å²) in [4.78, 5) is 2.47. The fourth-order valence-electron chi connectivity index (χ4n) is 3.79. The topological polar surface area (TPSA) is 30.9 Å². The van der Waals surface area contributed by atoms with Gasteiger partial charge in [0.05, 0.1) is 7.11 Å². The van der Waals surface area contributed by atoms with Crippen molar-refractivity contribution in [1.29, 1.82) is 0 Å². The summed E-state index contributed by atoms with van der Waals surface area (Å²) in [6.07, 6.45) is 4.76. The fourth-order valence-corrected chi connectivity index (χ4v) is 3.79. The number of benzene rings is 2. The lowest BCUT2D eigenvalue weighted by Crippen LogP contribution is -2.25. The molecule has 1 saturated heterocycles. The molecule has 4 nitrogen and oxygen atoms in total. The van der Waals surface area contributed by atoms with Gasteiger partial charge in [0.15, 0.2) is 0 Å². The molecule has 4 rings (SSSR count). The van der Waals surface area contributed by atoms with Gasteiger partial charge in [0.2, 0.25) is 0 Å². The average Bonchev–Trinajstić information content (AvgIpc) is 3.21. The molecule has 2 aromatic rings. The monoisotopic (exact) mass is 353 g/mol. The number of likely N-dealkylation sites (tertiary alicyclic amines) is 1. The van der Waals surface area contributed by atoms with Crippen LogP contribution in [0.5, 0.6) is 17.2 Å². The molecule has 0 spiro atoms. The SMILES string of the molecule is COc1ccc2c(c1)OC(c1ccc(OCCN3CCCC3)cc1)CC2. The minimum absolute atomic E-state index is 0.0910. The van der Waals surface area contributed by atoms with Crippen molar-refractivity contribution in [1.82, 2.24) is 4.90 Å². The van der Waals surface area contributed by atoms with Crippen molar-refractivity contribution in [2.45, 2.75) is 31.8 Å². The van der Waals surface area contributed by atoms with Crippen molar-refractivity contribution < 1.29 is 14.2 Å². The minimum atomic E-state index is 0.0910. The zero-order valence-corrected chi connectivity index (χ0v) is 15.4. The molecule has 1 atom stereocenters. The third-order valence-corrected chi connectivity index (χ3v) is 5.35. The Morgan fingerprint density at radius 3 is 2.58 bits per heavy atom. The van der Waals surface area contributed by atoms with E-state index in [9.17, 15) is 0 Å². The van der Waals surface area contributed by atoms with Gasteiger partial charge in [-0.25, -0.2) is 0 Å². The van der Waals surface area contributed by atoms with E-state index < -0.39 is 0 Å². The number of aryl methyl sites for hydroxylation is 1. The lowest BCUT2D eigenvalue weighted by molar-refractivity contribution is 0.175. The van der Waals surface area contributed by atoms with E-state index in [1.807, 2.05) is 12.1 Å². The minimum Gasteiger partial charge on any atom is -0.497 e. The maximum atomic E-state index is 6.22. The first-order chi connectivity index (χ1) is 12.8. The highest BCUT2D eigenvalue weighted by atomic mass is 16.5. The summed E-state index contributed by atoms with van der Waals surface area (Å²) in [6, 6.07) is 14.4. The summed E-state index contributed by atoms with van der Waals surface area (Å²) < 4.78 is 17.4. The average molecular weight is 353 g/mol. The molecule has 0 amide bonds. The molecule has 2 aliphatic rings. The maximum absolute atomic E-state index is 6.22. The number of hydrogen-bond acceptors (Lipinski definition) is 4. The number of ether oxygens (including phenoxy) is 3. The van der Waals surface area contributed by atoms with E-state index in [2.05, 4.69) is 35.2 Å². The van der Waals surface area contributed by atoms with E-state index >= 15 is 0 Å². The second-order valence-corrected chi connectivity index (χ2v) is 7.09. The number of methoxy groups -OCH3 is 1. The quantitative estimate of drug-likeness (QED) is 0.777. The van der Waals surface area contributed by atoms with Crippen LogP contribution in [-0.2, 0) is 6.42 Å². The van der Waals surface area contributed by atoms with E-state index in [1.54, 1.807) is 7.11 Å². The molecule has 0 aliphatic carbocycles. The zero-order valence-electron chi connectivity index (χ0n) is 15.4. The molecule has 0 aromatic heterocycles. The van der Waals surface area contributed by atoms with Crippen LogP contribution in [0.1, 0.15) is 36.5 Å². The van der Waals surface area contributed by atoms with Crippen LogP contribution in [0.3, 0.4) is 0 Å². The van der Waals surface area contributed by atoms with Gasteiger partial charge in [0.25, 0.3) is 0 Å². The Balaban J connectivity index is 1.34. The van der Waals surface area contributed by atoms with Gasteiger partial charge in [-0.2, -0.15) is 0 Å². The third kappa shape index (κ3) is 3.96. The van der Waals surface area contributed by atoms with E-state index in [-0.39, 0.29) is 6.10 Å². The van der Waals surface area contributed by atoms with E-state index in [0.717, 1.165) is 43.2 Å². The van der Waals surface area contributed by atoms with Crippen LogP contribution < -0.4 is 14.2 Å². The second-order valence-electron chi connectivity index (χ2n) is 7.09. The van der Waals surface area contributed by atoms with E-state index in [0.29, 0.717) is 0 Å². The van der Waals surface area contributed by atoms with Crippen LogP contribution in [0.15, 0.2) is 42.5 Å². The standard InChI is InChI=1S/C22H27NO3/c1-24-20-10-6-18-7-11-21(26-22(18)16-20)17-4-8-19(9-5-17)25-15-14-23-12-2-3-13-23/h4-6,8-10,16,21H,2-3,7,11-15H2,1H3. The molecule has 1 unspecified atom stereocenters. The molecule has 0 saturated carbocycles. The number of rotatable bonds is 6. The van der Waals surface area contributed by atoms with Crippen LogP contribution in [-0.4, -0.2) is 38.3 Å². The van der Waals surface area contributed by atoms with Crippen molar-refractivity contribution in [3.8, 4) is 17.2 Å². The molecule has 26 heavy (non-hydrogen) atoms. The van der Waals surface area contributed by atoms with Crippen molar-refractivity contribution >= 4 is 0 Å². The number of hydrogen-bond donors (Lipinski definition) is 0. The first kappa shape index (κ1) is 17.2. The molecule has 4 heteroatoms. The van der Waals surface area contributed by atoms with Gasteiger partial charge in [0.1, 0.15) is 30.0 Å². The first-order valence-corrected chi connectivity index (χ1v) is 9.60. The second kappa shape index (κ2) is 8.00. The summed E-state index contributed by atoms with van der Waals surface area (Å²) in [5, 5.41) is 0. The molecule has 1 fully saturated rings. The summed E-state index contributed by atoms with van der Waals surface area (Å²) >= 11 is 0. The van der Waals surface area contributed by atoms with Crippen LogP contribution >= 0.6 is 0 Å². The Labute approximate surface area is 155 Å². The van der Waals surface area contributed by atoms with Crippen LogP contribution in [0.25, 0.3) is 0 Å². The normalized spacial score (nSPS) is 19.7. The van der Waals surface area contributed by atoms with Gasteiger partial charge in [-0.1, -0.05) is 18.2 Å². The molecule has 2 aromatic carbocycles. The number of fused-ring (bicyclic) bond motifs is 1. The lowest BCUT2D eigenvalue weighted by Gasteiger charge is -2.27. The zero-order chi connectivity index (χ0) is 17.8. The van der Waals surface area contributed by atoms with Crippen molar-refractivity contribution in [3.63, 3.8) is 0 Å². The molecule has 138 valence electrons. The van der Waals surface area contributed by atoms with Gasteiger partial charge in [-0.15, -0.1) is 0 Å². The van der Waals surface area contributed by atoms with Crippen molar-refractivity contribution in [3.05, 3.63) is 53.6 Å². The van der Waals surface area contributed by atoms with Gasteiger partial charge in [-0.3, -0.25) is 4.90 Å². The van der Waals surface area contributed by atoms with Gasteiger partial charge in [-0.05, 0) is 68.1 Å². The Morgan fingerprint density at radius 1 is 1.04 bits per heavy atom. The predicted molar refractivity (Wildman–Crippen MR) is 102 cm³/mol. The van der Waals surface area contributed by atoms with E-state index in [4.69, 9.17) is 14.2 Å². The van der Waals surface area contributed by atoms with Crippen molar-refractivity contribution in [2.75, 3.05) is 33.4 Å². The summed E-state index contributed by atoms with van der Waals surface area (Å²) in [5.74, 6) is 2.71. The summed E-state index contributed by atoms with van der Waals surface area (Å²) in [6.45, 7) is 4.21. The van der Waals surface area contributed by atoms with E-state index in [1.165, 1.54) is 37.1 Å². The molecule has 0 radical (unpaired) electrons. The van der Waals surface area contributed by atoms with Crippen LogP contribution in [0.2, 0.25) is 0 Å². The molecule has 2 heterocycles. The number of nitrogens with zero attached hydrogens (tertiary/aromatic N) is 1. The summed E-state index contributed by atoms with van der Waals surface area (Å²) in [7, 11) is 1.69. The third-order valence-electron chi connectivity index (χ3n) is 5.35. The molecule has 2 aliphatic heterocycles. The van der Waals surface area contributed by atoms with Crippen molar-refractivity contribution in [2.24, 2.45) is 0 Å². The highest BCUT2D eigenvalue weighted by molar-refractivity contribution is 5.43. The Morgan fingerprint density at radius 2 is 1.81 bits per heavy atom. The van der Waals surface area contributed by atoms with Gasteiger partial charge < -0.3 is 14.2 Å². The molecule has 0 bridgehead atoms. The van der Waals surface area contributed by atoms with Crippen LogP contribution in [0, 0.1) is 0 Å². The fraction of sp³-hybridized carbons (Fsp3) is 0.455. The van der Waals surface area contributed by atoms with Crippen LogP contribution in [0.4, 0.5) is 0 Å². The van der Waals surface area contributed by atoms with Gasteiger partial charge >= 0.3 is 0 Å². The highest BCUT2D eigenvalue weighted by Crippen LogP contribution is 2.37. The highest BCUT2D eigenvalue weighted by Gasteiger charge is 2.22. The Kier molecular flexibility index (Phi) is 5.30. The Hall–Kier alpha value is -2.20.